The summed E-state index contributed by atoms with van der Waals surface area (Å²) in [5.41, 5.74) is 0.824. The zero-order chi connectivity index (χ0) is 11.4. The lowest BCUT2D eigenvalue weighted by Crippen LogP contribution is -2.10. The van der Waals surface area contributed by atoms with Gasteiger partial charge in [-0.25, -0.2) is 0 Å². The first-order valence-electron chi connectivity index (χ1n) is 4.77. The Morgan fingerprint density at radius 2 is 2.06 bits per heavy atom. The van der Waals surface area contributed by atoms with Gasteiger partial charge in [0.05, 0.1) is 6.26 Å². The molecule has 0 aliphatic heterocycles. The molecule has 2 aromatic rings. The van der Waals surface area contributed by atoms with E-state index in [0.717, 1.165) is 11.3 Å². The molecule has 1 N–H and O–H groups in total. The third-order valence-corrected chi connectivity index (χ3v) is 2.51. The van der Waals surface area contributed by atoms with E-state index in [0.29, 0.717) is 12.2 Å². The number of hydrogen-bond donors (Lipinski definition) is 1. The smallest absolute Gasteiger partial charge is 0.511 e. The highest BCUT2D eigenvalue weighted by Gasteiger charge is 2.11. The van der Waals surface area contributed by atoms with Crippen LogP contribution in [0.15, 0.2) is 47.1 Å². The summed E-state index contributed by atoms with van der Waals surface area (Å²) in [6, 6.07) is 10.7. The summed E-state index contributed by atoms with van der Waals surface area (Å²) >= 11 is 0. The highest BCUT2D eigenvalue weighted by atomic mass is 28.3. The van der Waals surface area contributed by atoms with Crippen molar-refractivity contribution in [1.29, 1.82) is 0 Å². The molecule has 1 aromatic heterocycles. The van der Waals surface area contributed by atoms with Crippen LogP contribution < -0.4 is 4.43 Å². The maximum atomic E-state index is 10.7. The van der Waals surface area contributed by atoms with Gasteiger partial charge in [0.25, 0.3) is 0 Å². The van der Waals surface area contributed by atoms with Crippen molar-refractivity contribution < 1.29 is 18.1 Å². The van der Waals surface area contributed by atoms with Crippen molar-refractivity contribution in [1.82, 2.24) is 0 Å². The Morgan fingerprint density at radius 1 is 1.25 bits per heavy atom. The molecule has 16 heavy (non-hydrogen) atoms. The number of rotatable bonds is 4. The van der Waals surface area contributed by atoms with Crippen molar-refractivity contribution in [3.63, 3.8) is 0 Å². The molecule has 0 atom stereocenters. The van der Waals surface area contributed by atoms with Crippen LogP contribution in [0.3, 0.4) is 0 Å². The van der Waals surface area contributed by atoms with E-state index in [4.69, 9.17) is 13.6 Å². The van der Waals surface area contributed by atoms with Crippen LogP contribution in [0.25, 0.3) is 0 Å². The number of benzene rings is 1. The fraction of sp³-hybridized carbons (Fsp3) is 0.0909. The standard InChI is InChI=1S/C11H10O4Si/c12-16(13)15-11-6-2-1-4-9(11)8-10-5-3-7-14-10/h1-7,12H,8H2. The molecular weight excluding hydrogens is 224 g/mol. The van der Waals surface area contributed by atoms with E-state index < -0.39 is 9.17 Å². The normalized spacial score (nSPS) is 10.0. The van der Waals surface area contributed by atoms with E-state index in [1.54, 1.807) is 24.5 Å². The molecule has 4 nitrogen and oxygen atoms in total. The molecule has 0 aliphatic carbocycles. The van der Waals surface area contributed by atoms with Crippen molar-refractivity contribution >= 4 is 9.17 Å². The first kappa shape index (κ1) is 10.6. The van der Waals surface area contributed by atoms with Crippen molar-refractivity contribution in [3.8, 4) is 5.75 Å². The van der Waals surface area contributed by atoms with Crippen LogP contribution >= 0.6 is 0 Å². The fourth-order valence-electron chi connectivity index (χ4n) is 1.44. The van der Waals surface area contributed by atoms with Crippen LogP contribution in [0.5, 0.6) is 5.75 Å². The number of para-hydroxylation sites is 1. The highest BCUT2D eigenvalue weighted by Crippen LogP contribution is 2.21. The maximum absolute atomic E-state index is 10.7. The van der Waals surface area contributed by atoms with Crippen LogP contribution in [-0.2, 0) is 10.9 Å². The van der Waals surface area contributed by atoms with E-state index >= 15 is 0 Å². The molecule has 0 fully saturated rings. The molecule has 0 saturated carbocycles. The second kappa shape index (κ2) is 4.76. The van der Waals surface area contributed by atoms with Gasteiger partial charge in [0, 0.05) is 12.0 Å². The summed E-state index contributed by atoms with van der Waals surface area (Å²) in [5, 5.41) is 0. The summed E-state index contributed by atoms with van der Waals surface area (Å²) in [7, 11) is -2.97. The van der Waals surface area contributed by atoms with Crippen LogP contribution in [0, 0.1) is 0 Å². The van der Waals surface area contributed by atoms with Crippen molar-refractivity contribution in [3.05, 3.63) is 54.0 Å². The Hall–Kier alpha value is -1.88. The van der Waals surface area contributed by atoms with Gasteiger partial charge in [-0.1, -0.05) is 18.2 Å². The van der Waals surface area contributed by atoms with Gasteiger partial charge in [-0.15, -0.1) is 0 Å². The molecule has 0 aliphatic rings. The Labute approximate surface area is 94.0 Å². The zero-order valence-corrected chi connectivity index (χ0v) is 9.42. The molecule has 0 bridgehead atoms. The summed E-state index contributed by atoms with van der Waals surface area (Å²) in [5.74, 6) is 1.21. The first-order valence-corrected chi connectivity index (χ1v) is 6.03. The largest absolute Gasteiger partial charge is 0.770 e. The number of furan rings is 1. The monoisotopic (exact) mass is 234 g/mol. The zero-order valence-electron chi connectivity index (χ0n) is 8.42. The predicted molar refractivity (Wildman–Crippen MR) is 57.2 cm³/mol. The van der Waals surface area contributed by atoms with E-state index in [1.807, 2.05) is 18.2 Å². The molecule has 0 saturated heterocycles. The third-order valence-electron chi connectivity index (χ3n) is 2.11. The summed E-state index contributed by atoms with van der Waals surface area (Å²) in [4.78, 5) is 8.76. The van der Waals surface area contributed by atoms with E-state index in [-0.39, 0.29) is 0 Å². The van der Waals surface area contributed by atoms with Gasteiger partial charge in [0.2, 0.25) is 0 Å². The van der Waals surface area contributed by atoms with Crippen molar-refractivity contribution in [2.24, 2.45) is 0 Å². The second-order valence-corrected chi connectivity index (χ2v) is 3.97. The lowest BCUT2D eigenvalue weighted by atomic mass is 10.1. The van der Waals surface area contributed by atoms with Crippen LogP contribution in [0.2, 0.25) is 0 Å². The minimum absolute atomic E-state index is 0.422. The molecule has 2 rings (SSSR count). The van der Waals surface area contributed by atoms with E-state index in [9.17, 15) is 4.46 Å². The van der Waals surface area contributed by atoms with E-state index in [2.05, 4.69) is 0 Å². The lowest BCUT2D eigenvalue weighted by Gasteiger charge is -2.06. The van der Waals surface area contributed by atoms with Crippen LogP contribution in [-0.4, -0.2) is 14.0 Å². The molecule has 0 radical (unpaired) electrons. The van der Waals surface area contributed by atoms with Gasteiger partial charge in [-0.3, -0.25) is 4.46 Å². The second-order valence-electron chi connectivity index (χ2n) is 3.23. The van der Waals surface area contributed by atoms with Gasteiger partial charge in [0.1, 0.15) is 11.5 Å². The van der Waals surface area contributed by atoms with Gasteiger partial charge < -0.3 is 13.6 Å². The number of hydrogen-bond acceptors (Lipinski definition) is 3. The van der Waals surface area contributed by atoms with Gasteiger partial charge in [-0.05, 0) is 18.2 Å². The molecule has 82 valence electrons. The lowest BCUT2D eigenvalue weighted by molar-refractivity contribution is 0.336. The quantitative estimate of drug-likeness (QED) is 0.817. The predicted octanol–water partition coefficient (Wildman–Crippen LogP) is 1.66. The van der Waals surface area contributed by atoms with E-state index in [1.165, 1.54) is 0 Å². The van der Waals surface area contributed by atoms with Gasteiger partial charge >= 0.3 is 9.17 Å². The molecule has 1 aromatic carbocycles. The minimum Gasteiger partial charge on any atom is -0.511 e. The molecule has 0 amide bonds. The third kappa shape index (κ3) is 2.57. The van der Waals surface area contributed by atoms with Gasteiger partial charge in [-0.2, -0.15) is 0 Å². The molecule has 1 heterocycles. The Kier molecular flexibility index (Phi) is 3.16. The SMILES string of the molecule is O=[Si](O)Oc1ccccc1Cc1ccco1. The van der Waals surface area contributed by atoms with Gasteiger partial charge in [0.15, 0.2) is 0 Å². The van der Waals surface area contributed by atoms with Crippen molar-refractivity contribution in [2.75, 3.05) is 0 Å². The molecule has 0 spiro atoms. The summed E-state index contributed by atoms with van der Waals surface area (Å²) < 4.78 is 20.7. The molecule has 5 heteroatoms. The molecule has 0 unspecified atom stereocenters. The average molecular weight is 234 g/mol. The first-order chi connectivity index (χ1) is 7.75. The Bertz CT molecular complexity index is 478. The average Bonchev–Trinajstić information content (AvgIpc) is 2.73. The Morgan fingerprint density at radius 3 is 2.75 bits per heavy atom. The van der Waals surface area contributed by atoms with Crippen LogP contribution in [0.4, 0.5) is 0 Å². The minimum atomic E-state index is -2.97. The Balaban J connectivity index is 2.22. The summed E-state index contributed by atoms with van der Waals surface area (Å²) in [6.45, 7) is 0. The summed E-state index contributed by atoms with van der Waals surface area (Å²) in [6.07, 6.45) is 2.13. The van der Waals surface area contributed by atoms with Crippen molar-refractivity contribution in [2.45, 2.75) is 6.42 Å². The topological polar surface area (TPSA) is 59.7 Å². The maximum Gasteiger partial charge on any atom is 0.770 e. The fourth-order valence-corrected chi connectivity index (χ4v) is 1.83. The highest BCUT2D eigenvalue weighted by molar-refractivity contribution is 6.25. The molecular formula is C11H10O4Si. The van der Waals surface area contributed by atoms with Crippen LogP contribution in [0.1, 0.15) is 11.3 Å².